The van der Waals surface area contributed by atoms with Crippen molar-refractivity contribution in [2.75, 3.05) is 12.4 Å². The van der Waals surface area contributed by atoms with Crippen LogP contribution in [0.4, 0.5) is 5.82 Å². The Hall–Kier alpha value is -1.53. The van der Waals surface area contributed by atoms with Crippen molar-refractivity contribution in [2.24, 2.45) is 0 Å². The number of pyridine rings is 1. The predicted octanol–water partition coefficient (Wildman–Crippen LogP) is 1.25. The molecule has 0 fully saturated rings. The summed E-state index contributed by atoms with van der Waals surface area (Å²) in [5.74, 6) is 6.37. The monoisotopic (exact) mass is 190 g/mol. The van der Waals surface area contributed by atoms with Gasteiger partial charge in [-0.15, -0.1) is 0 Å². The number of anilines is 1. The summed E-state index contributed by atoms with van der Waals surface area (Å²) < 4.78 is 0. The molecule has 1 rings (SSSR count). The van der Waals surface area contributed by atoms with Gasteiger partial charge in [-0.1, -0.05) is 11.8 Å². The summed E-state index contributed by atoms with van der Waals surface area (Å²) in [6, 6.07) is 3.70. The van der Waals surface area contributed by atoms with Gasteiger partial charge in [0.2, 0.25) is 0 Å². The van der Waals surface area contributed by atoms with Gasteiger partial charge in [-0.2, -0.15) is 0 Å². The summed E-state index contributed by atoms with van der Waals surface area (Å²) >= 11 is 0. The van der Waals surface area contributed by atoms with E-state index in [1.54, 1.807) is 20.0 Å². The first-order valence-electron chi connectivity index (χ1n) is 4.40. The Labute approximate surface area is 84.2 Å². The molecule has 0 bridgehead atoms. The van der Waals surface area contributed by atoms with E-state index in [0.717, 1.165) is 11.4 Å². The maximum absolute atomic E-state index is 9.37. The fraction of sp³-hybridized carbons (Fsp3) is 0.364. The summed E-state index contributed by atoms with van der Waals surface area (Å²) in [4.78, 5) is 4.10. The third-order valence-corrected chi connectivity index (χ3v) is 1.53. The second kappa shape index (κ2) is 4.12. The van der Waals surface area contributed by atoms with E-state index >= 15 is 0 Å². The molecule has 0 unspecified atom stereocenters. The predicted molar refractivity (Wildman–Crippen MR) is 57.0 cm³/mol. The van der Waals surface area contributed by atoms with E-state index in [1.807, 2.05) is 19.2 Å². The quantitative estimate of drug-likeness (QED) is 0.655. The van der Waals surface area contributed by atoms with E-state index < -0.39 is 5.60 Å². The zero-order valence-electron chi connectivity index (χ0n) is 8.63. The molecule has 0 saturated heterocycles. The second-order valence-corrected chi connectivity index (χ2v) is 3.49. The molecule has 1 heterocycles. The highest BCUT2D eigenvalue weighted by Crippen LogP contribution is 2.03. The van der Waals surface area contributed by atoms with Gasteiger partial charge in [-0.3, -0.25) is 0 Å². The van der Waals surface area contributed by atoms with Gasteiger partial charge in [0.05, 0.1) is 0 Å². The molecule has 3 heteroatoms. The zero-order chi connectivity index (χ0) is 10.6. The largest absolute Gasteiger partial charge is 0.378 e. The van der Waals surface area contributed by atoms with Gasteiger partial charge in [0.15, 0.2) is 0 Å². The molecule has 0 radical (unpaired) electrons. The SMILES string of the molecule is CNc1ccc(C#CC(C)(C)O)cn1. The van der Waals surface area contributed by atoms with E-state index in [-0.39, 0.29) is 0 Å². The van der Waals surface area contributed by atoms with Gasteiger partial charge in [0.25, 0.3) is 0 Å². The Kier molecular flexibility index (Phi) is 3.10. The summed E-state index contributed by atoms with van der Waals surface area (Å²) in [5, 5.41) is 12.3. The third kappa shape index (κ3) is 3.46. The molecule has 0 aliphatic rings. The van der Waals surface area contributed by atoms with Crippen LogP contribution in [0.15, 0.2) is 18.3 Å². The van der Waals surface area contributed by atoms with Gasteiger partial charge >= 0.3 is 0 Å². The Balaban J connectivity index is 2.82. The molecule has 0 saturated carbocycles. The van der Waals surface area contributed by atoms with Gasteiger partial charge in [0.1, 0.15) is 11.4 Å². The second-order valence-electron chi connectivity index (χ2n) is 3.49. The topological polar surface area (TPSA) is 45.1 Å². The number of aromatic nitrogens is 1. The lowest BCUT2D eigenvalue weighted by Crippen LogP contribution is -2.14. The van der Waals surface area contributed by atoms with Crippen LogP contribution in [0.1, 0.15) is 19.4 Å². The van der Waals surface area contributed by atoms with Crippen LogP contribution in [0.2, 0.25) is 0 Å². The number of hydrogen-bond acceptors (Lipinski definition) is 3. The lowest BCUT2D eigenvalue weighted by Gasteiger charge is -2.05. The van der Waals surface area contributed by atoms with Crippen molar-refractivity contribution >= 4 is 5.82 Å². The Bertz CT molecular complexity index is 352. The first-order chi connectivity index (χ1) is 6.51. The van der Waals surface area contributed by atoms with Crippen molar-refractivity contribution < 1.29 is 5.11 Å². The molecule has 14 heavy (non-hydrogen) atoms. The Morgan fingerprint density at radius 2 is 2.14 bits per heavy atom. The summed E-state index contributed by atoms with van der Waals surface area (Å²) in [5.41, 5.74) is -0.159. The van der Waals surface area contributed by atoms with Crippen LogP contribution in [0, 0.1) is 11.8 Å². The number of nitrogens with zero attached hydrogens (tertiary/aromatic N) is 1. The van der Waals surface area contributed by atoms with Crippen molar-refractivity contribution in [3.05, 3.63) is 23.9 Å². The fourth-order valence-corrected chi connectivity index (χ4v) is 0.841. The average Bonchev–Trinajstić information content (AvgIpc) is 2.14. The van der Waals surface area contributed by atoms with E-state index in [4.69, 9.17) is 0 Å². The molecule has 1 aromatic rings. The molecular formula is C11H14N2O. The summed E-state index contributed by atoms with van der Waals surface area (Å²) in [7, 11) is 1.81. The molecule has 0 aliphatic carbocycles. The van der Waals surface area contributed by atoms with Gasteiger partial charge < -0.3 is 10.4 Å². The molecule has 0 amide bonds. The molecule has 0 atom stereocenters. The van der Waals surface area contributed by atoms with Crippen LogP contribution >= 0.6 is 0 Å². The molecular weight excluding hydrogens is 176 g/mol. The lowest BCUT2D eigenvalue weighted by atomic mass is 10.1. The number of nitrogens with one attached hydrogen (secondary N) is 1. The molecule has 1 aromatic heterocycles. The van der Waals surface area contributed by atoms with Crippen LogP contribution in [-0.4, -0.2) is 22.7 Å². The first-order valence-corrected chi connectivity index (χ1v) is 4.40. The van der Waals surface area contributed by atoms with Crippen LogP contribution in [0.25, 0.3) is 0 Å². The van der Waals surface area contributed by atoms with Gasteiger partial charge in [-0.05, 0) is 26.0 Å². The lowest BCUT2D eigenvalue weighted by molar-refractivity contribution is 0.143. The highest BCUT2D eigenvalue weighted by molar-refractivity contribution is 5.41. The number of aliphatic hydroxyl groups is 1. The minimum Gasteiger partial charge on any atom is -0.378 e. The highest BCUT2D eigenvalue weighted by Gasteiger charge is 2.05. The fourth-order valence-electron chi connectivity index (χ4n) is 0.841. The van der Waals surface area contributed by atoms with Crippen LogP contribution in [0.5, 0.6) is 0 Å². The van der Waals surface area contributed by atoms with Gasteiger partial charge in [0, 0.05) is 18.8 Å². The normalized spacial score (nSPS) is 10.3. The summed E-state index contributed by atoms with van der Waals surface area (Å²) in [6.07, 6.45) is 1.67. The number of rotatable bonds is 1. The maximum atomic E-state index is 9.37. The van der Waals surface area contributed by atoms with Crippen molar-refractivity contribution in [1.82, 2.24) is 4.98 Å². The van der Waals surface area contributed by atoms with Crippen molar-refractivity contribution in [3.8, 4) is 11.8 Å². The van der Waals surface area contributed by atoms with Crippen molar-refractivity contribution in [3.63, 3.8) is 0 Å². The molecule has 2 N–H and O–H groups in total. The number of hydrogen-bond donors (Lipinski definition) is 2. The van der Waals surface area contributed by atoms with E-state index in [2.05, 4.69) is 22.1 Å². The van der Waals surface area contributed by atoms with E-state index in [9.17, 15) is 5.11 Å². The maximum Gasteiger partial charge on any atom is 0.125 e. The highest BCUT2D eigenvalue weighted by atomic mass is 16.3. The minimum atomic E-state index is -0.957. The smallest absolute Gasteiger partial charge is 0.125 e. The van der Waals surface area contributed by atoms with E-state index in [1.165, 1.54) is 0 Å². The minimum absolute atomic E-state index is 0.797. The zero-order valence-corrected chi connectivity index (χ0v) is 8.63. The van der Waals surface area contributed by atoms with Crippen LogP contribution < -0.4 is 5.32 Å². The Morgan fingerprint density at radius 1 is 1.43 bits per heavy atom. The molecule has 0 aliphatic heterocycles. The van der Waals surface area contributed by atoms with Crippen molar-refractivity contribution in [1.29, 1.82) is 0 Å². The van der Waals surface area contributed by atoms with E-state index in [0.29, 0.717) is 0 Å². The van der Waals surface area contributed by atoms with Crippen LogP contribution in [-0.2, 0) is 0 Å². The molecule has 3 nitrogen and oxygen atoms in total. The average molecular weight is 190 g/mol. The first kappa shape index (κ1) is 10.6. The molecule has 0 spiro atoms. The standard InChI is InChI=1S/C11H14N2O/c1-11(2,14)7-6-9-4-5-10(12-3)13-8-9/h4-5,8,14H,1-3H3,(H,12,13). The van der Waals surface area contributed by atoms with Crippen molar-refractivity contribution in [2.45, 2.75) is 19.4 Å². The molecule has 0 aromatic carbocycles. The molecule has 74 valence electrons. The van der Waals surface area contributed by atoms with Gasteiger partial charge in [-0.25, -0.2) is 4.98 Å². The van der Waals surface area contributed by atoms with Crippen LogP contribution in [0.3, 0.4) is 0 Å². The Morgan fingerprint density at radius 3 is 2.57 bits per heavy atom. The third-order valence-electron chi connectivity index (χ3n) is 1.53. The summed E-state index contributed by atoms with van der Waals surface area (Å²) in [6.45, 7) is 3.30.